The molecule has 2 amide bonds. The second kappa shape index (κ2) is 10.2. The van der Waals surface area contributed by atoms with E-state index in [0.29, 0.717) is 24.5 Å². The van der Waals surface area contributed by atoms with Crippen molar-refractivity contribution in [1.82, 2.24) is 15.3 Å². The van der Waals surface area contributed by atoms with Gasteiger partial charge < -0.3 is 20.9 Å². The maximum absolute atomic E-state index is 12.6. The number of carbonyl (C=O) groups is 1. The van der Waals surface area contributed by atoms with Gasteiger partial charge in [0.25, 0.3) is 0 Å². The Bertz CT molecular complexity index is 913. The molecule has 0 atom stereocenters. The number of para-hydroxylation sites is 1. The lowest BCUT2D eigenvalue weighted by Crippen LogP contribution is -2.36. The third kappa shape index (κ3) is 6.34. The van der Waals surface area contributed by atoms with Crippen LogP contribution >= 0.6 is 0 Å². The highest BCUT2D eigenvalue weighted by Crippen LogP contribution is 2.32. The molecule has 0 radical (unpaired) electrons. The van der Waals surface area contributed by atoms with Gasteiger partial charge in [0.2, 0.25) is 5.95 Å². The number of rotatable bonds is 6. The highest BCUT2D eigenvalue weighted by Gasteiger charge is 2.23. The first kappa shape index (κ1) is 23.8. The summed E-state index contributed by atoms with van der Waals surface area (Å²) in [5, 5.41) is 9.66. The average Bonchev–Trinajstić information content (AvgIpc) is 2.74. The minimum Gasteiger partial charge on any atom is -0.363 e. The van der Waals surface area contributed by atoms with Crippen molar-refractivity contribution in [1.29, 1.82) is 0 Å². The predicted octanol–water partition coefficient (Wildman–Crippen LogP) is 4.94. The first-order chi connectivity index (χ1) is 15.1. The van der Waals surface area contributed by atoms with Gasteiger partial charge in [-0.1, -0.05) is 39.0 Å². The van der Waals surface area contributed by atoms with Crippen LogP contribution in [0.1, 0.15) is 57.6 Å². The predicted molar refractivity (Wildman–Crippen MR) is 133 cm³/mol. The van der Waals surface area contributed by atoms with Gasteiger partial charge in [-0.2, -0.15) is 4.98 Å². The van der Waals surface area contributed by atoms with Crippen LogP contribution in [0, 0.1) is 12.8 Å². The van der Waals surface area contributed by atoms with Gasteiger partial charge in [-0.05, 0) is 61.1 Å². The lowest BCUT2D eigenvalue weighted by Gasteiger charge is -2.29. The van der Waals surface area contributed by atoms with Crippen LogP contribution in [0.4, 0.5) is 22.2 Å². The molecule has 1 saturated carbocycles. The van der Waals surface area contributed by atoms with Crippen LogP contribution in [-0.4, -0.2) is 42.7 Å². The van der Waals surface area contributed by atoms with E-state index < -0.39 is 0 Å². The van der Waals surface area contributed by atoms with Crippen molar-refractivity contribution >= 4 is 23.5 Å². The van der Waals surface area contributed by atoms with E-state index in [1.807, 2.05) is 44.1 Å². The van der Waals surface area contributed by atoms with E-state index >= 15 is 0 Å². The number of nitrogens with one attached hydrogen (secondary N) is 3. The Labute approximate surface area is 192 Å². The molecule has 1 heterocycles. The Kier molecular flexibility index (Phi) is 7.59. The van der Waals surface area contributed by atoms with Gasteiger partial charge in [-0.15, -0.1) is 0 Å². The molecule has 0 aliphatic heterocycles. The zero-order chi connectivity index (χ0) is 23.3. The van der Waals surface area contributed by atoms with Crippen molar-refractivity contribution in [3.63, 3.8) is 0 Å². The van der Waals surface area contributed by atoms with Crippen molar-refractivity contribution < 1.29 is 4.79 Å². The summed E-state index contributed by atoms with van der Waals surface area (Å²) in [6.07, 6.45) is 6.04. The van der Waals surface area contributed by atoms with Crippen LogP contribution in [0.15, 0.2) is 30.5 Å². The summed E-state index contributed by atoms with van der Waals surface area (Å²) in [6, 6.07) is 8.33. The van der Waals surface area contributed by atoms with E-state index in [-0.39, 0.29) is 11.4 Å². The molecule has 1 fully saturated rings. The lowest BCUT2D eigenvalue weighted by atomic mass is 9.84. The third-order valence-corrected chi connectivity index (χ3v) is 6.15. The smallest absolute Gasteiger partial charge is 0.319 e. The van der Waals surface area contributed by atoms with Crippen LogP contribution in [0.25, 0.3) is 0 Å². The molecule has 174 valence electrons. The molecule has 1 aliphatic rings. The van der Waals surface area contributed by atoms with Crippen LogP contribution in [0.3, 0.4) is 0 Å². The molecule has 3 rings (SSSR count). The summed E-state index contributed by atoms with van der Waals surface area (Å²) in [5.74, 6) is 2.08. The molecule has 1 aromatic heterocycles. The maximum atomic E-state index is 12.6. The van der Waals surface area contributed by atoms with Gasteiger partial charge >= 0.3 is 6.03 Å². The summed E-state index contributed by atoms with van der Waals surface area (Å²) >= 11 is 0. The van der Waals surface area contributed by atoms with Gasteiger partial charge in [0.05, 0.1) is 0 Å². The Hall–Kier alpha value is -2.83. The van der Waals surface area contributed by atoms with Gasteiger partial charge in [0, 0.05) is 38.6 Å². The Morgan fingerprint density at radius 3 is 2.50 bits per heavy atom. The van der Waals surface area contributed by atoms with Crippen LogP contribution in [0.2, 0.25) is 0 Å². The Balaban J connectivity index is 1.47. The molecule has 1 aromatic carbocycles. The van der Waals surface area contributed by atoms with Gasteiger partial charge in [-0.25, -0.2) is 9.78 Å². The summed E-state index contributed by atoms with van der Waals surface area (Å²) in [7, 11) is 3.95. The number of urea groups is 1. The average molecular weight is 439 g/mol. The quantitative estimate of drug-likeness (QED) is 0.595. The zero-order valence-electron chi connectivity index (χ0n) is 20.3. The first-order valence-electron chi connectivity index (χ1n) is 11.6. The summed E-state index contributed by atoms with van der Waals surface area (Å²) in [5.41, 5.74) is 3.13. The van der Waals surface area contributed by atoms with Gasteiger partial charge in [0.1, 0.15) is 5.82 Å². The fourth-order valence-corrected chi connectivity index (χ4v) is 4.21. The number of anilines is 3. The standard InChI is InChI=1S/C25H38N6O/c1-17-8-7-9-20(25(2,3)4)22(17)30-24(32)27-16-18-10-12-19(13-11-18)28-23-26-15-14-21(29-23)31(5)6/h7-9,14-15,18-19H,10-13,16H2,1-6H3,(H,26,28,29)(H2,27,30,32)/t18-,19+. The van der Waals surface area contributed by atoms with Gasteiger partial charge in [-0.3, -0.25) is 0 Å². The number of aryl methyl sites for hydroxylation is 1. The molecule has 0 bridgehead atoms. The van der Waals surface area contributed by atoms with Crippen molar-refractivity contribution in [2.45, 2.75) is 64.8 Å². The molecule has 3 N–H and O–H groups in total. The summed E-state index contributed by atoms with van der Waals surface area (Å²) in [6.45, 7) is 9.23. The number of nitrogens with zero attached hydrogens (tertiary/aromatic N) is 3. The molecular weight excluding hydrogens is 400 g/mol. The highest BCUT2D eigenvalue weighted by molar-refractivity contribution is 5.91. The van der Waals surface area contributed by atoms with E-state index in [2.05, 4.69) is 52.8 Å². The zero-order valence-corrected chi connectivity index (χ0v) is 20.3. The van der Waals surface area contributed by atoms with E-state index in [4.69, 9.17) is 0 Å². The molecule has 0 unspecified atom stereocenters. The van der Waals surface area contributed by atoms with Crippen LogP contribution < -0.4 is 20.9 Å². The third-order valence-electron chi connectivity index (χ3n) is 6.15. The largest absolute Gasteiger partial charge is 0.363 e. The van der Waals surface area contributed by atoms with Gasteiger partial charge in [0.15, 0.2) is 0 Å². The Morgan fingerprint density at radius 1 is 1.12 bits per heavy atom. The number of hydrogen-bond acceptors (Lipinski definition) is 5. The van der Waals surface area contributed by atoms with E-state index in [1.165, 1.54) is 0 Å². The number of aromatic nitrogens is 2. The molecule has 1 aliphatic carbocycles. The second-order valence-electron chi connectivity index (χ2n) is 10.1. The fraction of sp³-hybridized carbons (Fsp3) is 0.560. The molecule has 32 heavy (non-hydrogen) atoms. The first-order valence-corrected chi connectivity index (χ1v) is 11.6. The number of amides is 2. The molecule has 7 nitrogen and oxygen atoms in total. The number of hydrogen-bond donors (Lipinski definition) is 3. The molecule has 2 aromatic rings. The minimum atomic E-state index is -0.126. The van der Waals surface area contributed by atoms with E-state index in [9.17, 15) is 4.79 Å². The van der Waals surface area contributed by atoms with E-state index in [0.717, 1.165) is 48.3 Å². The molecule has 0 spiro atoms. The van der Waals surface area contributed by atoms with Crippen LogP contribution in [-0.2, 0) is 5.41 Å². The van der Waals surface area contributed by atoms with Crippen molar-refractivity contribution in [2.75, 3.05) is 36.2 Å². The lowest BCUT2D eigenvalue weighted by molar-refractivity contribution is 0.246. The summed E-state index contributed by atoms with van der Waals surface area (Å²) < 4.78 is 0. The number of benzene rings is 1. The minimum absolute atomic E-state index is 0.0320. The summed E-state index contributed by atoms with van der Waals surface area (Å²) in [4.78, 5) is 23.5. The van der Waals surface area contributed by atoms with Crippen molar-refractivity contribution in [3.05, 3.63) is 41.6 Å². The molecule has 0 saturated heterocycles. The topological polar surface area (TPSA) is 82.2 Å². The van der Waals surface area contributed by atoms with Crippen molar-refractivity contribution in [3.8, 4) is 0 Å². The Morgan fingerprint density at radius 2 is 1.84 bits per heavy atom. The maximum Gasteiger partial charge on any atom is 0.319 e. The van der Waals surface area contributed by atoms with E-state index in [1.54, 1.807) is 6.20 Å². The number of carbonyl (C=O) groups excluding carboxylic acids is 1. The highest BCUT2D eigenvalue weighted by atomic mass is 16.2. The monoisotopic (exact) mass is 438 g/mol. The van der Waals surface area contributed by atoms with Crippen molar-refractivity contribution in [2.24, 2.45) is 5.92 Å². The molecule has 7 heteroatoms. The van der Waals surface area contributed by atoms with Crippen LogP contribution in [0.5, 0.6) is 0 Å². The normalized spacial score (nSPS) is 18.7. The second-order valence-corrected chi connectivity index (χ2v) is 10.1. The SMILES string of the molecule is Cc1cccc(C(C)(C)C)c1NC(=O)NC[C@H]1CC[C@@H](Nc2nccc(N(C)C)n2)CC1. The molecular formula is C25H38N6O. The fourth-order valence-electron chi connectivity index (χ4n) is 4.21.